The number of rotatable bonds is 2. The minimum atomic E-state index is -0.0604. The van der Waals surface area contributed by atoms with E-state index in [1.807, 2.05) is 0 Å². The minimum absolute atomic E-state index is 0.0604. The Morgan fingerprint density at radius 2 is 1.77 bits per heavy atom. The van der Waals surface area contributed by atoms with Gasteiger partial charge in [0.05, 0.1) is 6.10 Å². The van der Waals surface area contributed by atoms with Crippen molar-refractivity contribution in [3.05, 3.63) is 0 Å². The summed E-state index contributed by atoms with van der Waals surface area (Å²) in [6, 6.07) is 0.360. The Balaban J connectivity index is 0.000000252. The van der Waals surface area contributed by atoms with Crippen molar-refractivity contribution in [2.45, 2.75) is 57.6 Å². The van der Waals surface area contributed by atoms with Crippen LogP contribution in [0, 0.1) is 0 Å². The second kappa shape index (κ2) is 8.48. The van der Waals surface area contributed by atoms with Crippen LogP contribution >= 0.6 is 0 Å². The fourth-order valence-electron chi connectivity index (χ4n) is 1.31. The van der Waals surface area contributed by atoms with Crippen LogP contribution in [0.15, 0.2) is 0 Å². The Bertz CT molecular complexity index is 89.1. The minimum Gasteiger partial charge on any atom is -0.393 e. The molecule has 1 fully saturated rings. The first-order valence-electron chi connectivity index (χ1n) is 5.34. The van der Waals surface area contributed by atoms with Crippen molar-refractivity contribution in [2.24, 2.45) is 11.5 Å². The van der Waals surface area contributed by atoms with Gasteiger partial charge in [0, 0.05) is 6.04 Å². The Morgan fingerprint density at radius 3 is 2.00 bits per heavy atom. The molecule has 1 saturated carbocycles. The average molecular weight is 188 g/mol. The third kappa shape index (κ3) is 8.22. The maximum atomic E-state index is 8.97. The fourth-order valence-corrected chi connectivity index (χ4v) is 1.31. The van der Waals surface area contributed by atoms with Gasteiger partial charge in [0.15, 0.2) is 0 Å². The van der Waals surface area contributed by atoms with Gasteiger partial charge in [-0.25, -0.2) is 0 Å². The first-order chi connectivity index (χ1) is 6.20. The smallest absolute Gasteiger partial charge is 0.0541 e. The van der Waals surface area contributed by atoms with Gasteiger partial charge in [-0.05, 0) is 38.6 Å². The van der Waals surface area contributed by atoms with Crippen LogP contribution in [0.3, 0.4) is 0 Å². The van der Waals surface area contributed by atoms with Crippen molar-refractivity contribution in [2.75, 3.05) is 6.54 Å². The summed E-state index contributed by atoms with van der Waals surface area (Å²) in [7, 11) is 0. The lowest BCUT2D eigenvalue weighted by Crippen LogP contribution is -2.28. The van der Waals surface area contributed by atoms with Gasteiger partial charge in [-0.15, -0.1) is 0 Å². The molecule has 5 N–H and O–H groups in total. The molecule has 80 valence electrons. The normalized spacial score (nSPS) is 27.7. The molecule has 1 aliphatic rings. The molecule has 0 aromatic rings. The second-order valence-corrected chi connectivity index (χ2v) is 3.71. The zero-order valence-corrected chi connectivity index (χ0v) is 8.71. The molecule has 0 aromatic carbocycles. The lowest BCUT2D eigenvalue weighted by atomic mass is 9.94. The first-order valence-corrected chi connectivity index (χ1v) is 5.34. The van der Waals surface area contributed by atoms with Crippen molar-refractivity contribution in [1.82, 2.24) is 0 Å². The van der Waals surface area contributed by atoms with Crippen molar-refractivity contribution in [3.63, 3.8) is 0 Å². The van der Waals surface area contributed by atoms with Crippen LogP contribution in [-0.2, 0) is 0 Å². The van der Waals surface area contributed by atoms with Gasteiger partial charge in [-0.2, -0.15) is 0 Å². The van der Waals surface area contributed by atoms with Gasteiger partial charge in [0.1, 0.15) is 0 Å². The van der Waals surface area contributed by atoms with Gasteiger partial charge in [-0.3, -0.25) is 0 Å². The maximum Gasteiger partial charge on any atom is 0.0541 e. The quantitative estimate of drug-likeness (QED) is 0.605. The van der Waals surface area contributed by atoms with Crippen LogP contribution in [0.4, 0.5) is 0 Å². The van der Waals surface area contributed by atoms with Crippen LogP contribution in [0.25, 0.3) is 0 Å². The summed E-state index contributed by atoms with van der Waals surface area (Å²) in [6.07, 6.45) is 6.14. The molecule has 3 nitrogen and oxygen atoms in total. The Hall–Kier alpha value is -0.120. The molecule has 0 saturated heterocycles. The van der Waals surface area contributed by atoms with Gasteiger partial charge in [-0.1, -0.05) is 13.3 Å². The van der Waals surface area contributed by atoms with Gasteiger partial charge >= 0.3 is 0 Å². The SMILES string of the molecule is CCCCN.NC1CCC(O)CC1. The van der Waals surface area contributed by atoms with E-state index in [0.29, 0.717) is 6.04 Å². The van der Waals surface area contributed by atoms with E-state index in [0.717, 1.165) is 32.2 Å². The number of hydrogen-bond donors (Lipinski definition) is 3. The summed E-state index contributed by atoms with van der Waals surface area (Å²) in [5.74, 6) is 0. The van der Waals surface area contributed by atoms with Gasteiger partial charge in [0.2, 0.25) is 0 Å². The summed E-state index contributed by atoms with van der Waals surface area (Å²) in [5.41, 5.74) is 10.7. The lowest BCUT2D eigenvalue weighted by molar-refractivity contribution is 0.123. The molecule has 0 radical (unpaired) electrons. The average Bonchev–Trinajstić information content (AvgIpc) is 2.13. The van der Waals surface area contributed by atoms with Crippen molar-refractivity contribution in [1.29, 1.82) is 0 Å². The molecular formula is C10H24N2O. The highest BCUT2D eigenvalue weighted by atomic mass is 16.3. The molecule has 0 aliphatic heterocycles. The predicted molar refractivity (Wildman–Crippen MR) is 56.4 cm³/mol. The standard InChI is InChI=1S/C6H13NO.C4H11N/c7-5-1-3-6(8)4-2-5;1-2-3-4-5/h5-6,8H,1-4,7H2;2-5H2,1H3. The number of unbranched alkanes of at least 4 members (excludes halogenated alkanes) is 1. The number of aliphatic hydroxyl groups is 1. The second-order valence-electron chi connectivity index (χ2n) is 3.71. The zero-order valence-electron chi connectivity index (χ0n) is 8.71. The first kappa shape index (κ1) is 12.9. The molecule has 0 unspecified atom stereocenters. The van der Waals surface area contributed by atoms with E-state index in [4.69, 9.17) is 16.6 Å². The molecule has 3 heteroatoms. The summed E-state index contributed by atoms with van der Waals surface area (Å²) in [6.45, 7) is 2.98. The molecular weight excluding hydrogens is 164 g/mol. The Kier molecular flexibility index (Phi) is 8.40. The predicted octanol–water partition coefficient (Wildman–Crippen LogP) is 0.994. The molecule has 13 heavy (non-hydrogen) atoms. The summed E-state index contributed by atoms with van der Waals surface area (Å²) in [5, 5.41) is 8.97. The van der Waals surface area contributed by atoms with Crippen LogP contribution in [0.5, 0.6) is 0 Å². The molecule has 0 heterocycles. The Labute approximate surface area is 81.5 Å². The number of aliphatic hydroxyl groups excluding tert-OH is 1. The monoisotopic (exact) mass is 188 g/mol. The topological polar surface area (TPSA) is 72.3 Å². The Morgan fingerprint density at radius 1 is 1.23 bits per heavy atom. The van der Waals surface area contributed by atoms with Gasteiger partial charge in [0.25, 0.3) is 0 Å². The van der Waals surface area contributed by atoms with Crippen LogP contribution in [-0.4, -0.2) is 23.8 Å². The van der Waals surface area contributed by atoms with Crippen LogP contribution < -0.4 is 11.5 Å². The summed E-state index contributed by atoms with van der Waals surface area (Å²) in [4.78, 5) is 0. The fraction of sp³-hybridized carbons (Fsp3) is 1.00. The molecule has 0 bridgehead atoms. The third-order valence-electron chi connectivity index (χ3n) is 2.30. The van der Waals surface area contributed by atoms with Crippen LogP contribution in [0.2, 0.25) is 0 Å². The van der Waals surface area contributed by atoms with Crippen molar-refractivity contribution >= 4 is 0 Å². The highest BCUT2D eigenvalue weighted by Gasteiger charge is 2.14. The zero-order chi connectivity index (χ0) is 10.1. The molecule has 1 aliphatic carbocycles. The van der Waals surface area contributed by atoms with E-state index in [9.17, 15) is 0 Å². The number of nitrogens with two attached hydrogens (primary N) is 2. The van der Waals surface area contributed by atoms with E-state index < -0.39 is 0 Å². The van der Waals surface area contributed by atoms with E-state index >= 15 is 0 Å². The molecule has 0 atom stereocenters. The number of hydrogen-bond acceptors (Lipinski definition) is 3. The maximum absolute atomic E-state index is 8.97. The highest BCUT2D eigenvalue weighted by molar-refractivity contribution is 4.72. The highest BCUT2D eigenvalue weighted by Crippen LogP contribution is 2.15. The molecule has 0 aromatic heterocycles. The van der Waals surface area contributed by atoms with E-state index in [1.54, 1.807) is 0 Å². The third-order valence-corrected chi connectivity index (χ3v) is 2.30. The lowest BCUT2D eigenvalue weighted by Gasteiger charge is -2.21. The summed E-state index contributed by atoms with van der Waals surface area (Å²) < 4.78 is 0. The summed E-state index contributed by atoms with van der Waals surface area (Å²) >= 11 is 0. The van der Waals surface area contributed by atoms with Crippen molar-refractivity contribution < 1.29 is 5.11 Å². The largest absolute Gasteiger partial charge is 0.393 e. The van der Waals surface area contributed by atoms with E-state index in [-0.39, 0.29) is 6.10 Å². The van der Waals surface area contributed by atoms with Crippen LogP contribution in [0.1, 0.15) is 45.4 Å². The van der Waals surface area contributed by atoms with E-state index in [1.165, 1.54) is 12.8 Å². The molecule has 1 rings (SSSR count). The molecule has 0 amide bonds. The van der Waals surface area contributed by atoms with Crippen molar-refractivity contribution in [3.8, 4) is 0 Å². The van der Waals surface area contributed by atoms with E-state index in [2.05, 4.69) is 6.92 Å². The molecule has 0 spiro atoms. The van der Waals surface area contributed by atoms with Gasteiger partial charge < -0.3 is 16.6 Å².